The first-order valence-corrected chi connectivity index (χ1v) is 10.8. The number of hydrogen-bond donors (Lipinski definition) is 2. The van der Waals surface area contributed by atoms with E-state index in [-0.39, 0.29) is 23.3 Å². The quantitative estimate of drug-likeness (QED) is 0.680. The molecule has 30 heavy (non-hydrogen) atoms. The van der Waals surface area contributed by atoms with Crippen LogP contribution < -0.4 is 15.8 Å². The van der Waals surface area contributed by atoms with Crippen molar-refractivity contribution in [3.05, 3.63) is 40.3 Å². The molecule has 1 aromatic carbocycles. The minimum absolute atomic E-state index is 0.0979. The molecule has 0 unspecified atom stereocenters. The van der Waals surface area contributed by atoms with Gasteiger partial charge >= 0.3 is 0 Å². The molecular weight excluding hydrogens is 382 g/mol. The van der Waals surface area contributed by atoms with Crippen LogP contribution in [0, 0.1) is 5.92 Å². The first-order chi connectivity index (χ1) is 14.4. The predicted molar refractivity (Wildman–Crippen MR) is 113 cm³/mol. The number of fused-ring (bicyclic) bond motifs is 1. The van der Waals surface area contributed by atoms with Crippen LogP contribution in [0.25, 0.3) is 10.8 Å². The van der Waals surface area contributed by atoms with E-state index in [0.29, 0.717) is 48.7 Å². The van der Waals surface area contributed by atoms with Crippen LogP contribution in [-0.2, 0) is 11.3 Å². The molecule has 1 saturated carbocycles. The maximum Gasteiger partial charge on any atom is 0.275 e. The lowest BCUT2D eigenvalue weighted by Gasteiger charge is -2.32. The van der Waals surface area contributed by atoms with Crippen LogP contribution in [0.15, 0.2) is 29.1 Å². The fourth-order valence-electron chi connectivity index (χ4n) is 3.95. The van der Waals surface area contributed by atoms with Crippen LogP contribution >= 0.6 is 0 Å². The van der Waals surface area contributed by atoms with Gasteiger partial charge in [-0.05, 0) is 24.8 Å². The van der Waals surface area contributed by atoms with Crippen LogP contribution in [0.3, 0.4) is 0 Å². The van der Waals surface area contributed by atoms with Gasteiger partial charge in [0, 0.05) is 18.0 Å². The Labute approximate surface area is 175 Å². The Balaban J connectivity index is 1.50. The average Bonchev–Trinajstić information content (AvgIpc) is 3.54. The molecule has 160 valence electrons. The number of carbonyl (C=O) groups excluding carboxylic acids is 2. The topological polar surface area (TPSA) is 88.7 Å². The Bertz CT molecular complexity index is 1000. The molecule has 2 fully saturated rings. The summed E-state index contributed by atoms with van der Waals surface area (Å²) < 4.78 is 1.42. The zero-order valence-electron chi connectivity index (χ0n) is 17.7. The van der Waals surface area contributed by atoms with Crippen LogP contribution in [0.2, 0.25) is 0 Å². The maximum absolute atomic E-state index is 13.3. The number of amides is 2. The van der Waals surface area contributed by atoms with Crippen LogP contribution in [0.4, 0.5) is 0 Å². The lowest BCUT2D eigenvalue weighted by Crippen LogP contribution is -3.15. The number of nitrogens with one attached hydrogen (secondary N) is 2. The predicted octanol–water partition coefficient (Wildman–Crippen LogP) is -0.328. The van der Waals surface area contributed by atoms with Crippen molar-refractivity contribution >= 4 is 22.6 Å². The second kappa shape index (κ2) is 8.55. The molecule has 1 aromatic heterocycles. The summed E-state index contributed by atoms with van der Waals surface area (Å²) in [4.78, 5) is 41.1. The number of nitrogens with zero attached hydrogens (tertiary/aromatic N) is 3. The molecule has 0 radical (unpaired) electrons. The second-order valence-electron chi connectivity index (χ2n) is 8.84. The van der Waals surface area contributed by atoms with Gasteiger partial charge in [0.25, 0.3) is 17.4 Å². The summed E-state index contributed by atoms with van der Waals surface area (Å²) in [6.45, 7) is 7.57. The third-order valence-corrected chi connectivity index (χ3v) is 5.72. The molecule has 0 spiro atoms. The van der Waals surface area contributed by atoms with E-state index in [0.717, 1.165) is 25.9 Å². The van der Waals surface area contributed by atoms with Crippen LogP contribution in [0.1, 0.15) is 37.2 Å². The molecule has 0 bridgehead atoms. The Hall–Kier alpha value is -2.74. The van der Waals surface area contributed by atoms with Crippen molar-refractivity contribution in [3.8, 4) is 0 Å². The highest BCUT2D eigenvalue weighted by Gasteiger charge is 2.30. The monoisotopic (exact) mass is 412 g/mol. The van der Waals surface area contributed by atoms with E-state index in [1.54, 1.807) is 17.0 Å². The summed E-state index contributed by atoms with van der Waals surface area (Å²) in [7, 11) is 0. The number of rotatable bonds is 6. The maximum atomic E-state index is 13.3. The first-order valence-electron chi connectivity index (χ1n) is 10.8. The minimum Gasteiger partial charge on any atom is -0.348 e. The van der Waals surface area contributed by atoms with Gasteiger partial charge in [-0.3, -0.25) is 14.4 Å². The molecule has 0 atom stereocenters. The summed E-state index contributed by atoms with van der Waals surface area (Å²) in [5.74, 6) is 0.194. The van der Waals surface area contributed by atoms with Gasteiger partial charge in [0.05, 0.1) is 31.6 Å². The van der Waals surface area contributed by atoms with E-state index >= 15 is 0 Å². The Morgan fingerprint density at radius 3 is 2.47 bits per heavy atom. The molecular formula is C22H30N5O3+. The lowest BCUT2D eigenvalue weighted by molar-refractivity contribution is -0.896. The third kappa shape index (κ3) is 4.53. The lowest BCUT2D eigenvalue weighted by atomic mass is 10.1. The van der Waals surface area contributed by atoms with Gasteiger partial charge < -0.3 is 15.1 Å². The van der Waals surface area contributed by atoms with Crippen LogP contribution in [-0.4, -0.2) is 65.3 Å². The zero-order valence-corrected chi connectivity index (χ0v) is 17.7. The molecule has 2 N–H and O–H groups in total. The van der Waals surface area contributed by atoms with Crippen molar-refractivity contribution in [2.75, 3.05) is 32.7 Å². The van der Waals surface area contributed by atoms with Gasteiger partial charge in [0.2, 0.25) is 0 Å². The van der Waals surface area contributed by atoms with Crippen LogP contribution in [0.5, 0.6) is 0 Å². The second-order valence-corrected chi connectivity index (χ2v) is 8.84. The van der Waals surface area contributed by atoms with E-state index in [2.05, 4.69) is 10.4 Å². The summed E-state index contributed by atoms with van der Waals surface area (Å²) in [6, 6.07) is 7.56. The highest BCUT2D eigenvalue weighted by atomic mass is 16.2. The van der Waals surface area contributed by atoms with E-state index < -0.39 is 0 Å². The molecule has 1 saturated heterocycles. The Kier molecular flexibility index (Phi) is 5.85. The number of aromatic nitrogens is 2. The van der Waals surface area contributed by atoms with Gasteiger partial charge in [-0.25, -0.2) is 4.68 Å². The van der Waals surface area contributed by atoms with Gasteiger partial charge in [-0.1, -0.05) is 32.0 Å². The van der Waals surface area contributed by atoms with Crippen molar-refractivity contribution in [3.63, 3.8) is 0 Å². The molecule has 2 heterocycles. The number of carbonyl (C=O) groups is 2. The van der Waals surface area contributed by atoms with Gasteiger partial charge in [-0.15, -0.1) is 0 Å². The van der Waals surface area contributed by atoms with E-state index in [1.807, 2.05) is 26.0 Å². The normalized spacial score (nSPS) is 17.5. The smallest absolute Gasteiger partial charge is 0.275 e. The molecule has 1 aliphatic heterocycles. The van der Waals surface area contributed by atoms with E-state index in [9.17, 15) is 14.4 Å². The number of hydrogen-bond acceptors (Lipinski definition) is 4. The number of benzene rings is 1. The van der Waals surface area contributed by atoms with Crippen molar-refractivity contribution in [2.45, 2.75) is 39.3 Å². The summed E-state index contributed by atoms with van der Waals surface area (Å²) in [5, 5.41) is 8.62. The summed E-state index contributed by atoms with van der Waals surface area (Å²) >= 11 is 0. The number of quaternary nitrogens is 1. The summed E-state index contributed by atoms with van der Waals surface area (Å²) in [5.41, 5.74) is 0.174. The fourth-order valence-corrected chi connectivity index (χ4v) is 3.95. The third-order valence-electron chi connectivity index (χ3n) is 5.72. The number of piperazine rings is 1. The van der Waals surface area contributed by atoms with Gasteiger partial charge in [0.15, 0.2) is 12.2 Å². The van der Waals surface area contributed by atoms with Gasteiger partial charge in [0.1, 0.15) is 0 Å². The van der Waals surface area contributed by atoms with Crippen molar-refractivity contribution < 1.29 is 14.5 Å². The highest BCUT2D eigenvalue weighted by Crippen LogP contribution is 2.18. The van der Waals surface area contributed by atoms with E-state index in [4.69, 9.17) is 0 Å². The molecule has 8 heteroatoms. The molecule has 8 nitrogen and oxygen atoms in total. The summed E-state index contributed by atoms with van der Waals surface area (Å²) in [6.07, 6.45) is 2.17. The standard InChI is InChI=1S/C22H29N5O3/c1-15(2)13-27-21(29)18-6-4-3-5-17(18)20(24-27)22(30)26-11-9-25(10-12-26)14-19(28)23-16-7-8-16/h3-6,15-16H,7-14H2,1-2H3,(H,23,28)/p+1. The Morgan fingerprint density at radius 1 is 1.17 bits per heavy atom. The largest absolute Gasteiger partial charge is 0.348 e. The SMILES string of the molecule is CC(C)Cn1nc(C(=O)N2CC[NH+](CC(=O)NC3CC3)CC2)c2ccccc2c1=O. The van der Waals surface area contributed by atoms with Crippen molar-refractivity contribution in [1.82, 2.24) is 20.0 Å². The fraction of sp³-hybridized carbons (Fsp3) is 0.545. The molecule has 4 rings (SSSR count). The van der Waals surface area contributed by atoms with E-state index in [1.165, 1.54) is 9.58 Å². The molecule has 1 aliphatic carbocycles. The Morgan fingerprint density at radius 2 is 1.83 bits per heavy atom. The average molecular weight is 413 g/mol. The first kappa shape index (κ1) is 20.5. The molecule has 2 aliphatic rings. The minimum atomic E-state index is -0.160. The van der Waals surface area contributed by atoms with Crippen molar-refractivity contribution in [1.29, 1.82) is 0 Å². The van der Waals surface area contributed by atoms with Crippen molar-refractivity contribution in [2.24, 2.45) is 5.92 Å². The molecule has 2 aromatic rings. The highest BCUT2D eigenvalue weighted by molar-refractivity contribution is 6.04. The molecule has 2 amide bonds. The van der Waals surface area contributed by atoms with Gasteiger partial charge in [-0.2, -0.15) is 5.10 Å². The zero-order chi connectivity index (χ0) is 21.3.